The van der Waals surface area contributed by atoms with Gasteiger partial charge in [0.1, 0.15) is 5.75 Å². The topological polar surface area (TPSA) is 67.6 Å². The quantitative estimate of drug-likeness (QED) is 0.392. The number of anilines is 1. The van der Waals surface area contributed by atoms with Crippen LogP contribution in [0.4, 0.5) is 5.95 Å². The van der Waals surface area contributed by atoms with Crippen LogP contribution in [0, 0.1) is 11.3 Å². The second-order valence-electron chi connectivity index (χ2n) is 11.0. The number of hydrogen-bond acceptors (Lipinski definition) is 4. The van der Waals surface area contributed by atoms with Crippen molar-refractivity contribution in [2.75, 3.05) is 11.5 Å². The predicted molar refractivity (Wildman–Crippen MR) is 141 cm³/mol. The molecule has 1 saturated carbocycles. The molecule has 0 bridgehead atoms. The molecule has 6 heteroatoms. The highest BCUT2D eigenvalue weighted by atomic mass is 16.5. The maximum atomic E-state index is 11.3. The van der Waals surface area contributed by atoms with Gasteiger partial charge in [-0.15, -0.1) is 0 Å². The minimum Gasteiger partial charge on any atom is -0.494 e. The van der Waals surface area contributed by atoms with Gasteiger partial charge in [0.15, 0.2) is 0 Å². The van der Waals surface area contributed by atoms with Crippen molar-refractivity contribution in [2.24, 2.45) is 18.4 Å². The lowest BCUT2D eigenvalue weighted by Crippen LogP contribution is -2.41. The summed E-state index contributed by atoms with van der Waals surface area (Å²) in [6.45, 7) is 10.6. The molecule has 4 rings (SSSR count). The van der Waals surface area contributed by atoms with Crippen LogP contribution in [0.2, 0.25) is 0 Å². The molecule has 188 valence electrons. The Morgan fingerprint density at radius 3 is 2.40 bits per heavy atom. The number of imidazole rings is 1. The lowest BCUT2D eigenvalue weighted by Gasteiger charge is -2.41. The summed E-state index contributed by atoms with van der Waals surface area (Å²) in [7, 11) is 2.08. The lowest BCUT2D eigenvalue weighted by atomic mass is 9.71. The lowest BCUT2D eigenvalue weighted by molar-refractivity contribution is 0.0697. The van der Waals surface area contributed by atoms with Crippen LogP contribution < -0.4 is 9.64 Å². The van der Waals surface area contributed by atoms with Crippen molar-refractivity contribution in [1.82, 2.24) is 9.55 Å². The molecule has 1 aliphatic carbocycles. The summed E-state index contributed by atoms with van der Waals surface area (Å²) in [4.78, 5) is 18.8. The van der Waals surface area contributed by atoms with Crippen molar-refractivity contribution in [3.05, 3.63) is 53.6 Å². The molecule has 1 aliphatic rings. The first kappa shape index (κ1) is 25.1. The van der Waals surface area contributed by atoms with Crippen LogP contribution in [0.3, 0.4) is 0 Å². The van der Waals surface area contributed by atoms with Crippen LogP contribution in [-0.2, 0) is 13.6 Å². The van der Waals surface area contributed by atoms with Gasteiger partial charge in [-0.1, -0.05) is 39.8 Å². The summed E-state index contributed by atoms with van der Waals surface area (Å²) in [6.07, 6.45) is 5.65. The molecule has 0 spiro atoms. The maximum Gasteiger partial charge on any atom is 0.335 e. The molecule has 6 nitrogen and oxygen atoms in total. The van der Waals surface area contributed by atoms with Gasteiger partial charge in [-0.05, 0) is 73.3 Å². The Balaban J connectivity index is 1.66. The van der Waals surface area contributed by atoms with Crippen LogP contribution in [0.25, 0.3) is 11.0 Å². The number of ether oxygens (including phenoxy) is 1. The van der Waals surface area contributed by atoms with Crippen LogP contribution in [0.15, 0.2) is 42.5 Å². The highest BCUT2D eigenvalue weighted by Crippen LogP contribution is 2.40. The number of fused-ring (bicyclic) bond motifs is 1. The summed E-state index contributed by atoms with van der Waals surface area (Å²) in [5.74, 6) is 1.66. The summed E-state index contributed by atoms with van der Waals surface area (Å²) in [5.41, 5.74) is 3.75. The zero-order valence-corrected chi connectivity index (χ0v) is 21.8. The second-order valence-corrected chi connectivity index (χ2v) is 11.0. The number of aromatic nitrogens is 2. The fourth-order valence-electron chi connectivity index (χ4n) is 5.29. The number of aromatic carboxylic acids is 1. The number of rotatable bonds is 8. The number of aryl methyl sites for hydroxylation is 1. The van der Waals surface area contributed by atoms with Gasteiger partial charge in [0.25, 0.3) is 0 Å². The molecule has 0 atom stereocenters. The van der Waals surface area contributed by atoms with Gasteiger partial charge in [0.05, 0.1) is 23.2 Å². The molecular weight excluding hydrogens is 438 g/mol. The summed E-state index contributed by atoms with van der Waals surface area (Å²) in [5, 5.41) is 9.29. The van der Waals surface area contributed by atoms with Crippen LogP contribution >= 0.6 is 0 Å². The molecule has 0 aliphatic heterocycles. The predicted octanol–water partition coefficient (Wildman–Crippen LogP) is 6.67. The minimum atomic E-state index is -0.898. The van der Waals surface area contributed by atoms with E-state index in [1.165, 1.54) is 12.8 Å². The number of hydrogen-bond donors (Lipinski definition) is 1. The van der Waals surface area contributed by atoms with Crippen LogP contribution in [0.5, 0.6) is 5.75 Å². The molecule has 1 fully saturated rings. The van der Waals surface area contributed by atoms with Gasteiger partial charge in [-0.3, -0.25) is 0 Å². The van der Waals surface area contributed by atoms with Gasteiger partial charge in [-0.2, -0.15) is 0 Å². The molecule has 0 saturated heterocycles. The standard InChI is InChI=1S/C29H39N3O3/c1-6-17-35-24-15-16-25-26(18-24)31(5)28(30-25)32(19-20-7-9-21(10-8-20)27(33)34)23-13-11-22(12-14-23)29(2,3)4/h7-10,15-16,18,22-23H,6,11-14,17,19H2,1-5H3,(H,33,34). The third kappa shape index (κ3) is 5.63. The van der Waals surface area contributed by atoms with Crippen molar-refractivity contribution in [3.8, 4) is 5.75 Å². The van der Waals surface area contributed by atoms with Crippen molar-refractivity contribution in [1.29, 1.82) is 0 Å². The van der Waals surface area contributed by atoms with Crippen molar-refractivity contribution in [3.63, 3.8) is 0 Å². The van der Waals surface area contributed by atoms with Gasteiger partial charge in [0, 0.05) is 25.7 Å². The molecule has 1 aromatic heterocycles. The third-order valence-electron chi connectivity index (χ3n) is 7.47. The van der Waals surface area contributed by atoms with E-state index in [0.717, 1.165) is 53.5 Å². The first-order chi connectivity index (χ1) is 16.7. The number of nitrogens with zero attached hydrogens (tertiary/aromatic N) is 3. The monoisotopic (exact) mass is 477 g/mol. The molecule has 0 radical (unpaired) electrons. The van der Waals surface area contributed by atoms with Crippen molar-refractivity contribution < 1.29 is 14.6 Å². The van der Waals surface area contributed by atoms with Crippen LogP contribution in [0.1, 0.15) is 75.7 Å². The van der Waals surface area contributed by atoms with E-state index < -0.39 is 5.97 Å². The Labute approximate surface area is 208 Å². The zero-order chi connectivity index (χ0) is 25.2. The molecule has 1 heterocycles. The number of carbonyl (C=O) groups is 1. The fraction of sp³-hybridized carbons (Fsp3) is 0.517. The van der Waals surface area contributed by atoms with Gasteiger partial charge < -0.3 is 19.3 Å². The molecule has 0 amide bonds. The Hall–Kier alpha value is -3.02. The van der Waals surface area contributed by atoms with E-state index in [1.54, 1.807) is 12.1 Å². The van der Waals surface area contributed by atoms with Crippen molar-refractivity contribution >= 4 is 23.0 Å². The van der Waals surface area contributed by atoms with E-state index in [1.807, 2.05) is 24.3 Å². The number of benzene rings is 2. The van der Waals surface area contributed by atoms with E-state index in [4.69, 9.17) is 9.72 Å². The van der Waals surface area contributed by atoms with E-state index in [0.29, 0.717) is 30.2 Å². The molecule has 0 unspecified atom stereocenters. The SMILES string of the molecule is CCCOc1ccc2nc(N(Cc3ccc(C(=O)O)cc3)C3CCC(C(C)(C)C)CC3)n(C)c2c1. The molecule has 2 aromatic carbocycles. The average molecular weight is 478 g/mol. The number of carboxylic acids is 1. The fourth-order valence-corrected chi connectivity index (χ4v) is 5.29. The van der Waals surface area contributed by atoms with Gasteiger partial charge >= 0.3 is 5.97 Å². The highest BCUT2D eigenvalue weighted by Gasteiger charge is 2.33. The molecule has 3 aromatic rings. The first-order valence-corrected chi connectivity index (χ1v) is 12.9. The minimum absolute atomic E-state index is 0.313. The Morgan fingerprint density at radius 1 is 1.11 bits per heavy atom. The summed E-state index contributed by atoms with van der Waals surface area (Å²) >= 11 is 0. The zero-order valence-electron chi connectivity index (χ0n) is 21.8. The Bertz CT molecular complexity index is 1150. The Kier molecular flexibility index (Phi) is 7.39. The van der Waals surface area contributed by atoms with Gasteiger partial charge in [0.2, 0.25) is 5.95 Å². The Morgan fingerprint density at radius 2 is 1.80 bits per heavy atom. The molecular formula is C29H39N3O3. The maximum absolute atomic E-state index is 11.3. The van der Waals surface area contributed by atoms with E-state index in [9.17, 15) is 9.90 Å². The van der Waals surface area contributed by atoms with Crippen molar-refractivity contribution in [2.45, 2.75) is 72.4 Å². The summed E-state index contributed by atoms with van der Waals surface area (Å²) < 4.78 is 8.05. The molecule has 1 N–H and O–H groups in total. The summed E-state index contributed by atoms with van der Waals surface area (Å²) in [6, 6.07) is 13.7. The first-order valence-electron chi connectivity index (χ1n) is 12.9. The second kappa shape index (κ2) is 10.3. The highest BCUT2D eigenvalue weighted by molar-refractivity contribution is 5.87. The van der Waals surface area contributed by atoms with E-state index >= 15 is 0 Å². The van der Waals surface area contributed by atoms with E-state index in [-0.39, 0.29) is 0 Å². The smallest absolute Gasteiger partial charge is 0.335 e. The largest absolute Gasteiger partial charge is 0.494 e. The average Bonchev–Trinajstić information content (AvgIpc) is 3.16. The third-order valence-corrected chi connectivity index (χ3v) is 7.47. The van der Waals surface area contributed by atoms with Gasteiger partial charge in [-0.25, -0.2) is 9.78 Å². The van der Waals surface area contributed by atoms with Crippen LogP contribution in [-0.4, -0.2) is 33.3 Å². The molecule has 35 heavy (non-hydrogen) atoms. The number of carboxylic acid groups (broad SMARTS) is 1. The normalized spacial score (nSPS) is 18.5. The van der Waals surface area contributed by atoms with E-state index in [2.05, 4.69) is 50.3 Å².